The maximum absolute atomic E-state index is 12.1. The predicted molar refractivity (Wildman–Crippen MR) is 287 cm³/mol. The van der Waals surface area contributed by atoms with E-state index >= 15 is 0 Å². The van der Waals surface area contributed by atoms with Gasteiger partial charge in [-0.2, -0.15) is 39.5 Å². The van der Waals surface area contributed by atoms with Crippen LogP contribution in [-0.2, 0) is 88.8 Å². The Bertz CT molecular complexity index is 3980. The van der Waals surface area contributed by atoms with Crippen molar-refractivity contribution < 1.29 is 103 Å². The van der Waals surface area contributed by atoms with E-state index in [-0.39, 0.29) is 98.1 Å². The Balaban J connectivity index is 0.000000198. The Morgan fingerprint density at radius 1 is 0.385 bits per heavy atom. The number of hydrogen-bond donors (Lipinski definition) is 0. The molecule has 0 radical (unpaired) electrons. The Morgan fingerprint density at radius 2 is 0.725 bits per heavy atom. The Kier molecular flexibility index (Phi) is 26.1. The van der Waals surface area contributed by atoms with Crippen molar-refractivity contribution >= 4 is 0 Å². The third-order valence-corrected chi connectivity index (χ3v) is 10.8. The fourth-order valence-electron chi connectivity index (χ4n) is 6.93. The molecule has 13 rings (SSSR count). The minimum Gasteiger partial charge on any atom is -0.572 e. The Labute approximate surface area is 551 Å². The van der Waals surface area contributed by atoms with Crippen LogP contribution < -0.4 is 30.6 Å². The summed E-state index contributed by atoms with van der Waals surface area (Å²) in [7, 11) is 1.94. The van der Waals surface area contributed by atoms with Crippen molar-refractivity contribution in [1.82, 2.24) is 135 Å². The fraction of sp³-hybridized carbons (Fsp3) is 0.192. The van der Waals surface area contributed by atoms with Gasteiger partial charge >= 0.3 is 81.7 Å². The number of para-hydroxylation sites is 1. The predicted octanol–water partition coefficient (Wildman–Crippen LogP) is 7.46. The molecule has 0 bridgehead atoms. The summed E-state index contributed by atoms with van der Waals surface area (Å²) in [6.07, 6.45) is 5.58. The summed E-state index contributed by atoms with van der Waals surface area (Å²) in [6, 6.07) is 20.9. The Morgan fingerprint density at radius 3 is 1.05 bits per heavy atom. The molecule has 13 aromatic rings. The van der Waals surface area contributed by atoms with Crippen LogP contribution in [0.5, 0.6) is 0 Å². The van der Waals surface area contributed by atoms with Crippen LogP contribution >= 0.6 is 0 Å². The summed E-state index contributed by atoms with van der Waals surface area (Å²) in [5.41, 5.74) is 6.31. The SMILES string of the molecule is Cc1cc(-c2nccn2-c2ccccc2)[n-]n1.Cc1cc(-c2nccn2C(C)C)[n-]n1.Cc1cc(-c2nccn2C)[n-]n1.FC(F)(F)c1n[n-]c(-c2ncccn2)n1.FC(F)(F)c1n[n-]c(-c2ncccn2)n1.FC(F)(F)c1n[n-]c(-c2ncccn2)n1.[Pt+2].[Pt+2].[Pt+2]. The molecule has 27 nitrogen and oxygen atoms in total. The van der Waals surface area contributed by atoms with E-state index in [0.717, 1.165) is 57.3 Å². The van der Waals surface area contributed by atoms with Gasteiger partial charge in [-0.3, -0.25) is 15.3 Å². The topological polar surface area (TPSA) is 331 Å². The number of halogens is 9. The molecule has 478 valence electrons. The number of aromatic nitrogens is 27. The van der Waals surface area contributed by atoms with Gasteiger partial charge in [0.25, 0.3) is 0 Å². The van der Waals surface area contributed by atoms with Crippen LogP contribution in [0.1, 0.15) is 54.4 Å². The molecule has 0 aliphatic rings. The summed E-state index contributed by atoms with van der Waals surface area (Å²) in [6.45, 7) is 10.0. The average molecular weight is 1800 g/mol. The van der Waals surface area contributed by atoms with E-state index in [9.17, 15) is 39.5 Å². The molecule has 0 N–H and O–H groups in total. The second-order valence-corrected chi connectivity index (χ2v) is 17.8. The third kappa shape index (κ3) is 20.3. The molecule has 0 aliphatic heterocycles. The quantitative estimate of drug-likeness (QED) is 0.133. The summed E-state index contributed by atoms with van der Waals surface area (Å²) in [5, 5.41) is 42.5. The molecule has 0 unspecified atom stereocenters. The van der Waals surface area contributed by atoms with Crippen LogP contribution in [0.4, 0.5) is 39.5 Å². The van der Waals surface area contributed by atoms with Crippen molar-refractivity contribution in [2.24, 2.45) is 7.05 Å². The number of alkyl halides is 9. The number of aryl methyl sites for hydroxylation is 4. The summed E-state index contributed by atoms with van der Waals surface area (Å²) < 4.78 is 115. The van der Waals surface area contributed by atoms with Crippen molar-refractivity contribution in [3.05, 3.63) is 176 Å². The molecule has 0 atom stereocenters. The van der Waals surface area contributed by atoms with E-state index in [2.05, 4.69) is 139 Å². The zero-order valence-corrected chi connectivity index (χ0v) is 54.1. The van der Waals surface area contributed by atoms with Gasteiger partial charge in [-0.1, -0.05) is 53.5 Å². The van der Waals surface area contributed by atoms with Gasteiger partial charge in [-0.15, -0.1) is 0 Å². The van der Waals surface area contributed by atoms with E-state index in [4.69, 9.17) is 0 Å². The normalized spacial score (nSPS) is 10.9. The van der Waals surface area contributed by atoms with Gasteiger partial charge in [-0.25, -0.2) is 44.9 Å². The molecule has 39 heteroatoms. The van der Waals surface area contributed by atoms with Crippen molar-refractivity contribution in [1.29, 1.82) is 0 Å². The monoisotopic (exact) mass is 1800 g/mol. The maximum atomic E-state index is 12.1. The molecule has 0 saturated carbocycles. The third-order valence-electron chi connectivity index (χ3n) is 10.8. The van der Waals surface area contributed by atoms with E-state index in [1.165, 1.54) is 55.4 Å². The first kappa shape index (κ1) is 72.3. The molecule has 0 fully saturated rings. The van der Waals surface area contributed by atoms with E-state index in [1.54, 1.807) is 18.6 Å². The second-order valence-electron chi connectivity index (χ2n) is 17.8. The van der Waals surface area contributed by atoms with Gasteiger partial charge in [0.05, 0.1) is 0 Å². The maximum Gasteiger partial charge on any atom is 2.00 e. The van der Waals surface area contributed by atoms with Crippen LogP contribution in [0.25, 0.3) is 75.2 Å². The minimum atomic E-state index is -4.60. The number of benzene rings is 1. The molecule has 91 heavy (non-hydrogen) atoms. The molecule has 0 spiro atoms. The second kappa shape index (κ2) is 32.9. The minimum absolute atomic E-state index is 0. The number of nitrogens with zero attached hydrogens (tertiary/aromatic N) is 27. The molecule has 0 amide bonds. The van der Waals surface area contributed by atoms with E-state index in [0.29, 0.717) is 6.04 Å². The van der Waals surface area contributed by atoms with E-state index < -0.39 is 36.0 Å². The summed E-state index contributed by atoms with van der Waals surface area (Å²) in [5.74, 6) is -1.96. The molecule has 12 heterocycles. The van der Waals surface area contributed by atoms with Crippen LogP contribution in [0.15, 0.2) is 141 Å². The van der Waals surface area contributed by atoms with Gasteiger partial charge in [0, 0.05) is 128 Å². The Hall–Kier alpha value is -9.43. The fourth-order valence-corrected chi connectivity index (χ4v) is 6.93. The smallest absolute Gasteiger partial charge is 0.572 e. The first-order chi connectivity index (χ1) is 42.0. The molecular weight excluding hydrogens is 1760 g/mol. The van der Waals surface area contributed by atoms with Crippen molar-refractivity contribution in [3.63, 3.8) is 0 Å². The molecule has 0 saturated heterocycles. The van der Waals surface area contributed by atoms with Crippen LogP contribution in [0.3, 0.4) is 0 Å². The number of imidazole rings is 3. The number of rotatable bonds is 8. The van der Waals surface area contributed by atoms with Gasteiger partial charge < -0.3 is 74.5 Å². The zero-order chi connectivity index (χ0) is 63.0. The first-order valence-corrected chi connectivity index (χ1v) is 25.2. The molecule has 12 aromatic heterocycles. The summed E-state index contributed by atoms with van der Waals surface area (Å²) >= 11 is 0. The van der Waals surface area contributed by atoms with E-state index in [1.807, 2.05) is 104 Å². The standard InChI is InChI=1S/C13H11N4.C10H13N4.C8H9N4.3C7H3F3N5.3Pt/c1-10-9-12(16-15-10)13-14-7-8-17(13)11-5-3-2-4-6-11;1-7(2)14-5-4-11-10(14)9-6-8(3)12-13-9;1-6-5-7(11-10-6)8-9-3-4-12(8)2;3*8-7(9,10)6-13-5(14-15-6)4-11-2-1-3-12-4;;;/h2-9H,1H3;4-7H,1-3H3;3-5H,1-2H3;3*1-3H;;;/q6*-1;3*+2. The first-order valence-electron chi connectivity index (χ1n) is 25.2. The summed E-state index contributed by atoms with van der Waals surface area (Å²) in [4.78, 5) is 44.5. The van der Waals surface area contributed by atoms with Gasteiger partial charge in [0.2, 0.25) is 0 Å². The van der Waals surface area contributed by atoms with Gasteiger partial charge in [-0.05, 0) is 65.0 Å². The van der Waals surface area contributed by atoms with Crippen LogP contribution in [-0.4, -0.2) is 104 Å². The van der Waals surface area contributed by atoms with Gasteiger partial charge in [0.15, 0.2) is 17.5 Å². The average Bonchev–Trinajstić information content (AvgIpc) is 4.08. The number of hydrogen-bond acceptors (Lipinski definition) is 18. The van der Waals surface area contributed by atoms with Crippen LogP contribution in [0, 0.1) is 20.8 Å². The molecule has 1 aromatic carbocycles. The zero-order valence-electron chi connectivity index (χ0n) is 47.3. The van der Waals surface area contributed by atoms with Crippen molar-refractivity contribution in [3.8, 4) is 75.2 Å². The largest absolute Gasteiger partial charge is 2.00 e. The van der Waals surface area contributed by atoms with Crippen molar-refractivity contribution in [2.75, 3.05) is 0 Å². The van der Waals surface area contributed by atoms with Gasteiger partial charge in [0.1, 0.15) is 34.9 Å². The van der Waals surface area contributed by atoms with Crippen molar-refractivity contribution in [2.45, 2.75) is 59.2 Å². The molecular formula is C52H42F9N27Pt3. The van der Waals surface area contributed by atoms with Crippen LogP contribution in [0.2, 0.25) is 0 Å². The molecule has 0 aliphatic carbocycles.